The first-order valence-electron chi connectivity index (χ1n) is 11.2. The van der Waals surface area contributed by atoms with Gasteiger partial charge in [0.2, 0.25) is 5.95 Å². The Hall–Kier alpha value is -2.21. The van der Waals surface area contributed by atoms with Crippen molar-refractivity contribution in [2.24, 2.45) is 5.92 Å². The lowest BCUT2D eigenvalue weighted by Crippen LogP contribution is -2.39. The minimum Gasteiger partial charge on any atom is -0.394 e. The SMILES string of the molecule is O=C(N[C@H](CO)CC1CCCCC1)c1ccc2cnc(NC3CCCC3)nc2c1. The molecule has 1 amide bonds. The highest BCUT2D eigenvalue weighted by Gasteiger charge is 2.21. The molecule has 4 rings (SSSR count). The van der Waals surface area contributed by atoms with Gasteiger partial charge in [0.05, 0.1) is 18.2 Å². The predicted molar refractivity (Wildman–Crippen MR) is 115 cm³/mol. The second-order valence-corrected chi connectivity index (χ2v) is 8.69. The van der Waals surface area contributed by atoms with E-state index < -0.39 is 0 Å². The van der Waals surface area contributed by atoms with Gasteiger partial charge in [-0.05, 0) is 37.3 Å². The summed E-state index contributed by atoms with van der Waals surface area (Å²) in [5, 5.41) is 17.1. The summed E-state index contributed by atoms with van der Waals surface area (Å²) in [5.41, 5.74) is 1.34. The lowest BCUT2D eigenvalue weighted by atomic mass is 9.85. The Labute approximate surface area is 172 Å². The molecule has 29 heavy (non-hydrogen) atoms. The molecule has 2 fully saturated rings. The van der Waals surface area contributed by atoms with E-state index in [9.17, 15) is 9.90 Å². The molecule has 1 aromatic heterocycles. The minimum absolute atomic E-state index is 0.0204. The van der Waals surface area contributed by atoms with Crippen molar-refractivity contribution in [2.45, 2.75) is 76.3 Å². The third-order valence-corrected chi connectivity index (χ3v) is 6.43. The number of carbonyl (C=O) groups excluding carboxylic acids is 1. The first-order valence-corrected chi connectivity index (χ1v) is 11.2. The number of amides is 1. The van der Waals surface area contributed by atoms with Gasteiger partial charge in [0.1, 0.15) is 0 Å². The number of fused-ring (bicyclic) bond motifs is 1. The Bertz CT molecular complexity index is 829. The van der Waals surface area contributed by atoms with Crippen LogP contribution in [0.5, 0.6) is 0 Å². The van der Waals surface area contributed by atoms with E-state index in [0.29, 0.717) is 23.5 Å². The molecule has 2 saturated carbocycles. The maximum absolute atomic E-state index is 12.8. The molecule has 2 aromatic rings. The molecule has 6 nitrogen and oxygen atoms in total. The van der Waals surface area contributed by atoms with Gasteiger partial charge in [0.25, 0.3) is 5.91 Å². The van der Waals surface area contributed by atoms with E-state index in [4.69, 9.17) is 0 Å². The zero-order valence-corrected chi connectivity index (χ0v) is 17.1. The highest BCUT2D eigenvalue weighted by Crippen LogP contribution is 2.27. The quantitative estimate of drug-likeness (QED) is 0.657. The van der Waals surface area contributed by atoms with Crippen molar-refractivity contribution in [2.75, 3.05) is 11.9 Å². The highest BCUT2D eigenvalue weighted by atomic mass is 16.3. The van der Waals surface area contributed by atoms with E-state index in [0.717, 1.165) is 30.2 Å². The Morgan fingerprint density at radius 3 is 2.62 bits per heavy atom. The van der Waals surface area contributed by atoms with Gasteiger partial charge < -0.3 is 15.7 Å². The molecule has 0 radical (unpaired) electrons. The van der Waals surface area contributed by atoms with Crippen molar-refractivity contribution in [3.8, 4) is 0 Å². The number of nitrogens with one attached hydrogen (secondary N) is 2. The van der Waals surface area contributed by atoms with E-state index in [-0.39, 0.29) is 18.6 Å². The molecule has 1 atom stereocenters. The zero-order chi connectivity index (χ0) is 20.1. The number of aliphatic hydroxyl groups excluding tert-OH is 1. The summed E-state index contributed by atoms with van der Waals surface area (Å²) in [6.07, 6.45) is 13.7. The molecule has 0 unspecified atom stereocenters. The number of hydrogen-bond donors (Lipinski definition) is 3. The van der Waals surface area contributed by atoms with E-state index in [2.05, 4.69) is 20.6 Å². The van der Waals surface area contributed by atoms with Gasteiger partial charge in [-0.1, -0.05) is 51.0 Å². The van der Waals surface area contributed by atoms with Crippen LogP contribution in [-0.2, 0) is 0 Å². The van der Waals surface area contributed by atoms with Crippen LogP contribution in [0.3, 0.4) is 0 Å². The molecule has 1 aromatic carbocycles. The minimum atomic E-state index is -0.189. The van der Waals surface area contributed by atoms with Gasteiger partial charge in [-0.25, -0.2) is 9.97 Å². The standard InChI is InChI=1S/C23H32N4O2/c28-15-20(12-16-6-2-1-3-7-16)25-22(29)17-10-11-18-14-24-23(27-21(18)13-17)26-19-8-4-5-9-19/h10-11,13-14,16,19-20,28H,1-9,12,15H2,(H,25,29)(H,24,26,27)/t20-/m0/s1. The van der Waals surface area contributed by atoms with Gasteiger partial charge in [0.15, 0.2) is 0 Å². The van der Waals surface area contributed by atoms with Gasteiger partial charge in [0, 0.05) is 23.2 Å². The summed E-state index contributed by atoms with van der Waals surface area (Å²) in [6, 6.07) is 5.77. The molecular weight excluding hydrogens is 364 g/mol. The smallest absolute Gasteiger partial charge is 0.251 e. The third kappa shape index (κ3) is 5.24. The molecule has 1 heterocycles. The second kappa shape index (κ2) is 9.53. The summed E-state index contributed by atoms with van der Waals surface area (Å²) in [6.45, 7) is -0.0204. The zero-order valence-electron chi connectivity index (χ0n) is 17.1. The molecule has 2 aliphatic carbocycles. The second-order valence-electron chi connectivity index (χ2n) is 8.69. The van der Waals surface area contributed by atoms with Crippen molar-refractivity contribution < 1.29 is 9.90 Å². The Morgan fingerprint density at radius 1 is 1.10 bits per heavy atom. The van der Waals surface area contributed by atoms with Crippen molar-refractivity contribution in [3.63, 3.8) is 0 Å². The Kier molecular flexibility index (Phi) is 6.60. The topological polar surface area (TPSA) is 87.1 Å². The van der Waals surface area contributed by atoms with Crippen molar-refractivity contribution in [3.05, 3.63) is 30.0 Å². The third-order valence-electron chi connectivity index (χ3n) is 6.43. The van der Waals surface area contributed by atoms with Gasteiger partial charge in [-0.3, -0.25) is 4.79 Å². The van der Waals surface area contributed by atoms with Crippen molar-refractivity contribution >= 4 is 22.8 Å². The number of anilines is 1. The van der Waals surface area contributed by atoms with Crippen LogP contribution in [0.1, 0.15) is 74.6 Å². The van der Waals surface area contributed by atoms with Crippen LogP contribution in [-0.4, -0.2) is 39.7 Å². The van der Waals surface area contributed by atoms with Crippen molar-refractivity contribution in [1.29, 1.82) is 0 Å². The van der Waals surface area contributed by atoms with E-state index >= 15 is 0 Å². The molecule has 3 N–H and O–H groups in total. The first-order chi connectivity index (χ1) is 14.2. The summed E-state index contributed by atoms with van der Waals surface area (Å²) in [7, 11) is 0. The summed E-state index contributed by atoms with van der Waals surface area (Å²) < 4.78 is 0. The van der Waals surface area contributed by atoms with E-state index in [1.807, 2.05) is 12.1 Å². The number of aliphatic hydroxyl groups is 1. The van der Waals surface area contributed by atoms with Crippen LogP contribution in [0.25, 0.3) is 10.9 Å². The largest absolute Gasteiger partial charge is 0.394 e. The number of carbonyl (C=O) groups is 1. The maximum atomic E-state index is 12.8. The van der Waals surface area contributed by atoms with Crippen molar-refractivity contribution in [1.82, 2.24) is 15.3 Å². The number of aromatic nitrogens is 2. The first kappa shape index (κ1) is 20.1. The summed E-state index contributed by atoms with van der Waals surface area (Å²) in [4.78, 5) is 21.8. The summed E-state index contributed by atoms with van der Waals surface area (Å²) >= 11 is 0. The van der Waals surface area contributed by atoms with Crippen LogP contribution >= 0.6 is 0 Å². The van der Waals surface area contributed by atoms with Crippen LogP contribution in [0.4, 0.5) is 5.95 Å². The molecule has 0 saturated heterocycles. The molecule has 0 bridgehead atoms. The van der Waals surface area contributed by atoms with Gasteiger partial charge in [-0.2, -0.15) is 0 Å². The number of benzene rings is 1. The van der Waals surface area contributed by atoms with Gasteiger partial charge >= 0.3 is 0 Å². The average Bonchev–Trinajstić information content (AvgIpc) is 3.26. The highest BCUT2D eigenvalue weighted by molar-refractivity contribution is 5.97. The van der Waals surface area contributed by atoms with Crippen LogP contribution in [0, 0.1) is 5.92 Å². The van der Waals surface area contributed by atoms with Crippen LogP contribution in [0.2, 0.25) is 0 Å². The molecular formula is C23H32N4O2. The Morgan fingerprint density at radius 2 is 1.86 bits per heavy atom. The molecule has 2 aliphatic rings. The fourth-order valence-corrected chi connectivity index (χ4v) is 4.76. The van der Waals surface area contributed by atoms with E-state index in [1.165, 1.54) is 44.9 Å². The lowest BCUT2D eigenvalue weighted by Gasteiger charge is -2.26. The number of nitrogens with zero attached hydrogens (tertiary/aromatic N) is 2. The fourth-order valence-electron chi connectivity index (χ4n) is 4.76. The lowest BCUT2D eigenvalue weighted by molar-refractivity contribution is 0.0902. The monoisotopic (exact) mass is 396 g/mol. The summed E-state index contributed by atoms with van der Waals surface area (Å²) in [5.74, 6) is 1.09. The predicted octanol–water partition coefficient (Wildman–Crippen LogP) is 4.05. The molecule has 0 aliphatic heterocycles. The maximum Gasteiger partial charge on any atom is 0.251 e. The molecule has 156 valence electrons. The van der Waals surface area contributed by atoms with Crippen LogP contribution in [0.15, 0.2) is 24.4 Å². The molecule has 6 heteroatoms. The Balaban J connectivity index is 1.43. The van der Waals surface area contributed by atoms with E-state index in [1.54, 1.807) is 12.3 Å². The fraction of sp³-hybridized carbons (Fsp3) is 0.609. The van der Waals surface area contributed by atoms with Crippen LogP contribution < -0.4 is 10.6 Å². The normalized spacial score (nSPS) is 19.3. The van der Waals surface area contributed by atoms with Gasteiger partial charge in [-0.15, -0.1) is 0 Å². The number of hydrogen-bond acceptors (Lipinski definition) is 5. The molecule has 0 spiro atoms. The average molecular weight is 397 g/mol. The number of rotatable bonds is 7.